The summed E-state index contributed by atoms with van der Waals surface area (Å²) in [7, 11) is 0. The molecule has 102 valence electrons. The van der Waals surface area contributed by atoms with E-state index in [2.05, 4.69) is 10.2 Å². The van der Waals surface area contributed by atoms with Gasteiger partial charge in [-0.3, -0.25) is 9.69 Å². The van der Waals surface area contributed by atoms with Gasteiger partial charge in [-0.25, -0.2) is 0 Å². The van der Waals surface area contributed by atoms with E-state index in [0.717, 1.165) is 5.56 Å². The van der Waals surface area contributed by atoms with Crippen molar-refractivity contribution in [2.45, 2.75) is 6.54 Å². The van der Waals surface area contributed by atoms with E-state index in [0.29, 0.717) is 26.9 Å². The fourth-order valence-corrected chi connectivity index (χ4v) is 2.89. The maximum Gasteiger partial charge on any atom is 0.247 e. The van der Waals surface area contributed by atoms with Gasteiger partial charge in [0, 0.05) is 10.6 Å². The molecule has 0 aliphatic carbocycles. The van der Waals surface area contributed by atoms with Crippen molar-refractivity contribution in [3.05, 3.63) is 35.2 Å². The smallest absolute Gasteiger partial charge is 0.247 e. The van der Waals surface area contributed by atoms with Gasteiger partial charge >= 0.3 is 0 Å². The van der Waals surface area contributed by atoms with E-state index in [-0.39, 0.29) is 12.5 Å². The van der Waals surface area contributed by atoms with E-state index in [1.54, 1.807) is 24.3 Å². The van der Waals surface area contributed by atoms with Crippen LogP contribution in [0.25, 0.3) is 11.5 Å². The summed E-state index contributed by atoms with van der Waals surface area (Å²) in [5.41, 5.74) is 0.776. The maximum atomic E-state index is 11.6. The predicted octanol–water partition coefficient (Wildman–Crippen LogP) is 2.75. The van der Waals surface area contributed by atoms with E-state index in [1.807, 2.05) is 0 Å². The van der Waals surface area contributed by atoms with Gasteiger partial charge in [-0.15, -0.1) is 10.2 Å². The van der Waals surface area contributed by atoms with Crippen molar-refractivity contribution in [3.8, 4) is 11.5 Å². The van der Waals surface area contributed by atoms with Crippen LogP contribution >= 0.6 is 35.6 Å². The first-order chi connectivity index (χ1) is 9.63. The van der Waals surface area contributed by atoms with Crippen LogP contribution in [0, 0.1) is 0 Å². The Labute approximate surface area is 129 Å². The molecule has 0 N–H and O–H groups in total. The second kappa shape index (κ2) is 5.51. The third-order valence-corrected chi connectivity index (χ3v) is 4.38. The number of aromatic nitrogens is 2. The van der Waals surface area contributed by atoms with Crippen molar-refractivity contribution < 1.29 is 9.21 Å². The topological polar surface area (TPSA) is 59.2 Å². The van der Waals surface area contributed by atoms with Crippen molar-refractivity contribution in [1.29, 1.82) is 0 Å². The summed E-state index contributed by atoms with van der Waals surface area (Å²) in [5, 5.41) is 8.53. The van der Waals surface area contributed by atoms with Crippen molar-refractivity contribution in [2.24, 2.45) is 0 Å². The SMILES string of the molecule is O=C1CSC(=S)N1Cc1nnc(-c2ccc(Cl)cc2)o1. The zero-order chi connectivity index (χ0) is 14.1. The number of halogens is 1. The Kier molecular flexibility index (Phi) is 3.73. The summed E-state index contributed by atoms with van der Waals surface area (Å²) in [4.78, 5) is 13.1. The van der Waals surface area contributed by atoms with Gasteiger partial charge in [0.25, 0.3) is 0 Å². The van der Waals surface area contributed by atoms with Crippen LogP contribution in [0.1, 0.15) is 5.89 Å². The largest absolute Gasteiger partial charge is 0.419 e. The van der Waals surface area contributed by atoms with Crippen LogP contribution in [0.15, 0.2) is 28.7 Å². The average Bonchev–Trinajstić information content (AvgIpc) is 3.02. The number of nitrogens with zero attached hydrogens (tertiary/aromatic N) is 3. The lowest BCUT2D eigenvalue weighted by molar-refractivity contribution is -0.124. The minimum Gasteiger partial charge on any atom is -0.419 e. The second-order valence-electron chi connectivity index (χ2n) is 4.04. The zero-order valence-corrected chi connectivity index (χ0v) is 12.5. The van der Waals surface area contributed by atoms with E-state index in [9.17, 15) is 4.79 Å². The Balaban J connectivity index is 1.78. The first-order valence-corrected chi connectivity index (χ1v) is 7.46. The number of carbonyl (C=O) groups is 1. The minimum atomic E-state index is -0.0359. The number of amides is 1. The Bertz CT molecular complexity index is 656. The first kappa shape index (κ1) is 13.5. The molecule has 1 fully saturated rings. The highest BCUT2D eigenvalue weighted by atomic mass is 35.5. The maximum absolute atomic E-state index is 11.6. The molecule has 1 saturated heterocycles. The molecule has 0 spiro atoms. The molecule has 8 heteroatoms. The van der Waals surface area contributed by atoms with Crippen LogP contribution in [0.2, 0.25) is 5.02 Å². The normalized spacial score (nSPS) is 15.2. The predicted molar refractivity (Wildman–Crippen MR) is 80.3 cm³/mol. The zero-order valence-electron chi connectivity index (χ0n) is 10.1. The molecule has 3 rings (SSSR count). The van der Waals surface area contributed by atoms with Crippen LogP contribution in [0.4, 0.5) is 0 Å². The first-order valence-electron chi connectivity index (χ1n) is 5.69. The third kappa shape index (κ3) is 2.70. The fraction of sp³-hybridized carbons (Fsp3) is 0.167. The molecule has 1 amide bonds. The molecular weight excluding hydrogens is 318 g/mol. The molecule has 0 saturated carbocycles. The van der Waals surface area contributed by atoms with Crippen molar-refractivity contribution in [2.75, 3.05) is 5.75 Å². The van der Waals surface area contributed by atoms with Crippen molar-refractivity contribution in [3.63, 3.8) is 0 Å². The summed E-state index contributed by atoms with van der Waals surface area (Å²) in [6.45, 7) is 0.214. The molecule has 0 unspecified atom stereocenters. The van der Waals surface area contributed by atoms with E-state index in [1.165, 1.54) is 16.7 Å². The lowest BCUT2D eigenvalue weighted by atomic mass is 10.2. The molecule has 5 nitrogen and oxygen atoms in total. The van der Waals surface area contributed by atoms with E-state index in [4.69, 9.17) is 28.2 Å². The highest BCUT2D eigenvalue weighted by Gasteiger charge is 2.28. The molecule has 0 radical (unpaired) electrons. The van der Waals surface area contributed by atoms with Gasteiger partial charge < -0.3 is 4.42 Å². The molecule has 20 heavy (non-hydrogen) atoms. The Morgan fingerprint density at radius 3 is 2.75 bits per heavy atom. The molecular formula is C12H8ClN3O2S2. The molecule has 2 aromatic rings. The number of hydrogen-bond acceptors (Lipinski definition) is 6. The average molecular weight is 326 g/mol. The monoisotopic (exact) mass is 325 g/mol. The Morgan fingerprint density at radius 1 is 1.35 bits per heavy atom. The number of benzene rings is 1. The third-order valence-electron chi connectivity index (χ3n) is 2.69. The highest BCUT2D eigenvalue weighted by Crippen LogP contribution is 2.24. The van der Waals surface area contributed by atoms with Gasteiger partial charge in [0.15, 0.2) is 0 Å². The molecule has 1 aromatic heterocycles. The highest BCUT2D eigenvalue weighted by molar-refractivity contribution is 8.23. The van der Waals surface area contributed by atoms with Gasteiger partial charge in [0.05, 0.1) is 5.75 Å². The van der Waals surface area contributed by atoms with E-state index >= 15 is 0 Å². The van der Waals surface area contributed by atoms with Crippen molar-refractivity contribution in [1.82, 2.24) is 15.1 Å². The van der Waals surface area contributed by atoms with Crippen LogP contribution in [0.5, 0.6) is 0 Å². The van der Waals surface area contributed by atoms with Crippen LogP contribution in [-0.2, 0) is 11.3 Å². The van der Waals surface area contributed by atoms with Gasteiger partial charge in [-0.2, -0.15) is 0 Å². The standard InChI is InChI=1S/C12H8ClN3O2S2/c13-8-3-1-7(2-4-8)11-15-14-9(18-11)5-16-10(17)6-20-12(16)19/h1-4H,5-6H2. The lowest BCUT2D eigenvalue weighted by Crippen LogP contribution is -2.27. The minimum absolute atomic E-state index is 0.0359. The summed E-state index contributed by atoms with van der Waals surface area (Å²) in [6.07, 6.45) is 0. The summed E-state index contributed by atoms with van der Waals surface area (Å²) >= 11 is 12.3. The van der Waals surface area contributed by atoms with Gasteiger partial charge in [0.2, 0.25) is 17.7 Å². The Hall–Kier alpha value is -1.44. The lowest BCUT2D eigenvalue weighted by Gasteiger charge is -2.11. The molecule has 2 heterocycles. The number of thiocarbonyl (C=S) groups is 1. The summed E-state index contributed by atoms with van der Waals surface area (Å²) in [5.74, 6) is 1.08. The second-order valence-corrected chi connectivity index (χ2v) is 6.09. The summed E-state index contributed by atoms with van der Waals surface area (Å²) in [6, 6.07) is 7.08. The van der Waals surface area contributed by atoms with Gasteiger partial charge in [-0.1, -0.05) is 35.6 Å². The molecule has 1 aromatic carbocycles. The quantitative estimate of drug-likeness (QED) is 0.809. The van der Waals surface area contributed by atoms with Crippen LogP contribution in [-0.4, -0.2) is 31.1 Å². The van der Waals surface area contributed by atoms with Gasteiger partial charge in [0.1, 0.15) is 10.9 Å². The number of rotatable bonds is 3. The number of thioether (sulfide) groups is 1. The Morgan fingerprint density at radius 2 is 2.10 bits per heavy atom. The number of hydrogen-bond donors (Lipinski definition) is 0. The van der Waals surface area contributed by atoms with E-state index < -0.39 is 0 Å². The fourth-order valence-electron chi connectivity index (χ4n) is 1.70. The molecule has 1 aliphatic heterocycles. The molecule has 0 bridgehead atoms. The van der Waals surface area contributed by atoms with Gasteiger partial charge in [-0.05, 0) is 24.3 Å². The number of carbonyl (C=O) groups excluding carboxylic acids is 1. The molecule has 1 aliphatic rings. The summed E-state index contributed by atoms with van der Waals surface area (Å²) < 4.78 is 6.08. The van der Waals surface area contributed by atoms with Crippen molar-refractivity contribution >= 4 is 45.8 Å². The van der Waals surface area contributed by atoms with Crippen LogP contribution in [0.3, 0.4) is 0 Å². The molecule has 0 atom stereocenters. The van der Waals surface area contributed by atoms with Crippen LogP contribution < -0.4 is 0 Å².